The summed E-state index contributed by atoms with van der Waals surface area (Å²) in [6, 6.07) is 1.49. The van der Waals surface area contributed by atoms with Crippen LogP contribution in [-0.4, -0.2) is 54.0 Å². The molecule has 0 radical (unpaired) electrons. The highest BCUT2D eigenvalue weighted by atomic mass is 32.2. The summed E-state index contributed by atoms with van der Waals surface area (Å²) in [6.07, 6.45) is 0.506. The zero-order valence-electron chi connectivity index (χ0n) is 11.4. The third kappa shape index (κ3) is 2.97. The van der Waals surface area contributed by atoms with E-state index in [2.05, 4.69) is 10.2 Å². The van der Waals surface area contributed by atoms with Crippen LogP contribution in [-0.2, 0) is 9.84 Å². The van der Waals surface area contributed by atoms with Crippen molar-refractivity contribution < 1.29 is 13.2 Å². The van der Waals surface area contributed by atoms with Gasteiger partial charge in [0.2, 0.25) is 0 Å². The second-order valence-electron chi connectivity index (χ2n) is 5.34. The minimum Gasteiger partial charge on any atom is -0.336 e. The number of hydrogen-bond acceptors (Lipinski definition) is 4. The average molecular weight is 285 g/mol. The molecule has 1 aromatic rings. The molecule has 1 aliphatic rings. The predicted octanol–water partition coefficient (Wildman–Crippen LogP) is 0.792. The molecular weight excluding hydrogens is 266 g/mol. The maximum atomic E-state index is 12.2. The predicted molar refractivity (Wildman–Crippen MR) is 71.8 cm³/mol. The zero-order valence-corrected chi connectivity index (χ0v) is 12.2. The molecule has 2 rings (SSSR count). The number of sulfone groups is 1. The summed E-state index contributed by atoms with van der Waals surface area (Å²) < 4.78 is 22.9. The van der Waals surface area contributed by atoms with E-state index in [4.69, 9.17) is 0 Å². The summed E-state index contributed by atoms with van der Waals surface area (Å²) >= 11 is 0. The molecule has 1 aliphatic heterocycles. The number of rotatable bonds is 3. The minimum atomic E-state index is -2.99. The van der Waals surface area contributed by atoms with Gasteiger partial charge in [0, 0.05) is 18.8 Å². The van der Waals surface area contributed by atoms with Crippen molar-refractivity contribution in [3.05, 3.63) is 17.5 Å². The van der Waals surface area contributed by atoms with Crippen LogP contribution in [0.1, 0.15) is 42.4 Å². The van der Waals surface area contributed by atoms with E-state index in [1.54, 1.807) is 13.1 Å². The van der Waals surface area contributed by atoms with Crippen LogP contribution < -0.4 is 0 Å². The largest absolute Gasteiger partial charge is 0.336 e. The summed E-state index contributed by atoms with van der Waals surface area (Å²) in [5.41, 5.74) is 1.24. The number of aromatic nitrogens is 2. The van der Waals surface area contributed by atoms with Crippen LogP contribution in [0.5, 0.6) is 0 Å². The van der Waals surface area contributed by atoms with Crippen molar-refractivity contribution in [2.45, 2.75) is 32.2 Å². The summed E-state index contributed by atoms with van der Waals surface area (Å²) in [5.74, 6) is 0.250. The van der Waals surface area contributed by atoms with E-state index in [1.165, 1.54) is 4.90 Å². The van der Waals surface area contributed by atoms with Gasteiger partial charge in [0.15, 0.2) is 9.84 Å². The van der Waals surface area contributed by atoms with Gasteiger partial charge >= 0.3 is 0 Å². The Morgan fingerprint density at radius 1 is 1.53 bits per heavy atom. The maximum Gasteiger partial charge on any atom is 0.274 e. The second-order valence-corrected chi connectivity index (χ2v) is 7.56. The molecule has 7 heteroatoms. The van der Waals surface area contributed by atoms with E-state index in [1.807, 2.05) is 13.8 Å². The molecule has 2 heterocycles. The zero-order chi connectivity index (χ0) is 14.2. The van der Waals surface area contributed by atoms with Gasteiger partial charge in [0.1, 0.15) is 5.69 Å². The van der Waals surface area contributed by atoms with Gasteiger partial charge in [0.25, 0.3) is 5.91 Å². The first-order valence-electron chi connectivity index (χ1n) is 6.33. The van der Waals surface area contributed by atoms with Crippen LogP contribution >= 0.6 is 0 Å². The molecule has 0 spiro atoms. The number of carbonyl (C=O) groups excluding carboxylic acids is 1. The van der Waals surface area contributed by atoms with Crippen molar-refractivity contribution in [1.29, 1.82) is 0 Å². The van der Waals surface area contributed by atoms with Crippen LogP contribution in [0, 0.1) is 0 Å². The van der Waals surface area contributed by atoms with Gasteiger partial charge in [-0.25, -0.2) is 8.42 Å². The first kappa shape index (κ1) is 14.0. The highest BCUT2D eigenvalue weighted by molar-refractivity contribution is 7.91. The lowest BCUT2D eigenvalue weighted by Crippen LogP contribution is -2.38. The van der Waals surface area contributed by atoms with E-state index in [9.17, 15) is 13.2 Å². The van der Waals surface area contributed by atoms with E-state index in [0.717, 1.165) is 5.69 Å². The van der Waals surface area contributed by atoms with Gasteiger partial charge in [-0.3, -0.25) is 9.89 Å². The highest BCUT2D eigenvalue weighted by Gasteiger charge is 2.33. The molecule has 19 heavy (non-hydrogen) atoms. The summed E-state index contributed by atoms with van der Waals surface area (Å²) in [5, 5.41) is 6.83. The van der Waals surface area contributed by atoms with Gasteiger partial charge in [-0.15, -0.1) is 0 Å². The van der Waals surface area contributed by atoms with Crippen molar-refractivity contribution in [2.24, 2.45) is 0 Å². The second kappa shape index (κ2) is 4.96. The topological polar surface area (TPSA) is 83.1 Å². The lowest BCUT2D eigenvalue weighted by Gasteiger charge is -2.22. The van der Waals surface area contributed by atoms with E-state index < -0.39 is 9.84 Å². The fourth-order valence-corrected chi connectivity index (χ4v) is 3.94. The number of nitrogens with one attached hydrogen (secondary N) is 1. The van der Waals surface area contributed by atoms with Crippen molar-refractivity contribution in [3.8, 4) is 0 Å². The lowest BCUT2D eigenvalue weighted by atomic mass is 10.1. The van der Waals surface area contributed by atoms with Gasteiger partial charge in [-0.2, -0.15) is 5.10 Å². The molecule has 106 valence electrons. The Bertz CT molecular complexity index is 577. The Hall–Kier alpha value is -1.37. The molecule has 0 aliphatic carbocycles. The van der Waals surface area contributed by atoms with Gasteiger partial charge in [0.05, 0.1) is 11.5 Å². The van der Waals surface area contributed by atoms with Crippen LogP contribution in [0.15, 0.2) is 6.07 Å². The molecule has 6 nitrogen and oxygen atoms in total. The lowest BCUT2D eigenvalue weighted by molar-refractivity contribution is 0.0741. The third-order valence-corrected chi connectivity index (χ3v) is 5.27. The molecule has 1 unspecified atom stereocenters. The summed E-state index contributed by atoms with van der Waals surface area (Å²) in [7, 11) is -1.35. The number of carbonyl (C=O) groups is 1. The van der Waals surface area contributed by atoms with Crippen LogP contribution in [0.25, 0.3) is 0 Å². The number of hydrogen-bond donors (Lipinski definition) is 1. The van der Waals surface area contributed by atoms with Crippen molar-refractivity contribution in [1.82, 2.24) is 15.1 Å². The Morgan fingerprint density at radius 3 is 2.68 bits per heavy atom. The normalized spacial score (nSPS) is 21.8. The smallest absolute Gasteiger partial charge is 0.274 e. The first-order chi connectivity index (χ1) is 8.80. The molecule has 1 fully saturated rings. The Morgan fingerprint density at radius 2 is 2.21 bits per heavy atom. The average Bonchev–Trinajstić information content (AvgIpc) is 2.93. The van der Waals surface area contributed by atoms with Crippen molar-refractivity contribution in [3.63, 3.8) is 0 Å². The molecule has 1 aromatic heterocycles. The van der Waals surface area contributed by atoms with Gasteiger partial charge in [-0.1, -0.05) is 13.8 Å². The van der Waals surface area contributed by atoms with Crippen molar-refractivity contribution in [2.75, 3.05) is 18.6 Å². The number of aromatic amines is 1. The van der Waals surface area contributed by atoms with Crippen LogP contribution in [0.4, 0.5) is 0 Å². The van der Waals surface area contributed by atoms with E-state index in [0.29, 0.717) is 12.1 Å². The maximum absolute atomic E-state index is 12.2. The monoisotopic (exact) mass is 285 g/mol. The van der Waals surface area contributed by atoms with Crippen LogP contribution in [0.3, 0.4) is 0 Å². The SMILES string of the molecule is CC(C)c1cc(C(=O)N(C)C2CCS(=O)(=O)C2)n[nH]1. The molecular formula is C12H19N3O3S. The molecule has 1 saturated heterocycles. The molecule has 0 aromatic carbocycles. The fourth-order valence-electron chi connectivity index (χ4n) is 2.17. The molecule has 1 N–H and O–H groups in total. The van der Waals surface area contributed by atoms with E-state index >= 15 is 0 Å². The summed E-state index contributed by atoms with van der Waals surface area (Å²) in [6.45, 7) is 4.02. The number of H-pyrrole nitrogens is 1. The number of nitrogens with zero attached hydrogens (tertiary/aromatic N) is 2. The molecule has 1 atom stereocenters. The number of amides is 1. The Balaban J connectivity index is 2.10. The summed E-state index contributed by atoms with van der Waals surface area (Å²) in [4.78, 5) is 13.7. The Labute approximate surface area is 113 Å². The fraction of sp³-hybridized carbons (Fsp3) is 0.667. The van der Waals surface area contributed by atoms with E-state index in [-0.39, 0.29) is 29.4 Å². The van der Waals surface area contributed by atoms with Crippen molar-refractivity contribution >= 4 is 15.7 Å². The standard InChI is InChI=1S/C12H19N3O3S/c1-8(2)10-6-11(14-13-10)12(16)15(3)9-4-5-19(17,18)7-9/h6,8-9H,4-5,7H2,1-3H3,(H,13,14). The molecule has 0 saturated carbocycles. The molecule has 0 bridgehead atoms. The third-order valence-electron chi connectivity index (χ3n) is 3.52. The first-order valence-corrected chi connectivity index (χ1v) is 8.15. The highest BCUT2D eigenvalue weighted by Crippen LogP contribution is 2.19. The van der Waals surface area contributed by atoms with Gasteiger partial charge < -0.3 is 4.90 Å². The Kier molecular flexibility index (Phi) is 3.66. The van der Waals surface area contributed by atoms with Gasteiger partial charge in [-0.05, 0) is 18.4 Å². The quantitative estimate of drug-likeness (QED) is 0.890. The van der Waals surface area contributed by atoms with Crippen LogP contribution in [0.2, 0.25) is 0 Å². The molecule has 1 amide bonds. The minimum absolute atomic E-state index is 0.0523.